The highest BCUT2D eigenvalue weighted by Crippen LogP contribution is 2.48. The predicted molar refractivity (Wildman–Crippen MR) is 173 cm³/mol. The van der Waals surface area contributed by atoms with Crippen molar-refractivity contribution in [2.24, 2.45) is 0 Å². The average Bonchev–Trinajstić information content (AvgIpc) is 3.67. The molecule has 0 aliphatic carbocycles. The van der Waals surface area contributed by atoms with Gasteiger partial charge in [0.2, 0.25) is 5.52 Å². The molecule has 0 radical (unpaired) electrons. The Bertz CT molecular complexity index is 1840. The molecule has 2 aromatic carbocycles. The Morgan fingerprint density at radius 3 is 2.36 bits per heavy atom. The van der Waals surface area contributed by atoms with Gasteiger partial charge in [0.1, 0.15) is 16.0 Å². The second-order valence-corrected chi connectivity index (χ2v) is 15.3. The van der Waals surface area contributed by atoms with E-state index in [2.05, 4.69) is 25.8 Å². The van der Waals surface area contributed by atoms with Gasteiger partial charge >= 0.3 is 0 Å². The van der Waals surface area contributed by atoms with Gasteiger partial charge in [-0.3, -0.25) is 0 Å². The van der Waals surface area contributed by atoms with Crippen LogP contribution in [0.4, 0.5) is 5.69 Å². The predicted octanol–water partition coefficient (Wildman–Crippen LogP) is 4.68. The number of benzene rings is 2. The second kappa shape index (κ2) is 14.6. The van der Waals surface area contributed by atoms with Crippen LogP contribution in [0.5, 0.6) is 5.75 Å². The third-order valence-corrected chi connectivity index (χ3v) is 10.9. The van der Waals surface area contributed by atoms with Crippen molar-refractivity contribution < 1.29 is 39.7 Å². The SMILES string of the molecule is CCN(C)CC.COc1ccc2c(c1)N(CCCS(=O)(=O)[O-])/C(=C/c1sc3ccc4occc4c3[n+]1CCCS(=O)(=O)[O-])S2. The topological polar surface area (TPSA) is 147 Å². The molecular weight excluding hydrogens is 647 g/mol. The fraction of sp³-hybridized carbons (Fsp3) is 0.414. The molecule has 3 heterocycles. The normalized spacial score (nSPS) is 14.4. The molecule has 0 fully saturated rings. The van der Waals surface area contributed by atoms with E-state index in [0.717, 1.165) is 49.3 Å². The number of ether oxygens (including phenoxy) is 1. The van der Waals surface area contributed by atoms with Gasteiger partial charge in [0.05, 0.1) is 55.8 Å². The van der Waals surface area contributed by atoms with Gasteiger partial charge in [-0.05, 0) is 56.9 Å². The highest BCUT2D eigenvalue weighted by Gasteiger charge is 2.29. The smallest absolute Gasteiger partial charge is 0.265 e. The van der Waals surface area contributed by atoms with Crippen molar-refractivity contribution >= 4 is 76.3 Å². The Labute approximate surface area is 266 Å². The third-order valence-electron chi connectivity index (χ3n) is 7.14. The number of nitrogens with zero attached hydrogens (tertiary/aromatic N) is 3. The summed E-state index contributed by atoms with van der Waals surface area (Å²) in [4.78, 5) is 5.15. The monoisotopic (exact) mass is 682 g/mol. The van der Waals surface area contributed by atoms with E-state index in [4.69, 9.17) is 9.15 Å². The van der Waals surface area contributed by atoms with E-state index in [1.54, 1.807) is 13.4 Å². The molecule has 0 N–H and O–H groups in total. The summed E-state index contributed by atoms with van der Waals surface area (Å²) >= 11 is 3.01. The number of hydrogen-bond donors (Lipinski definition) is 0. The minimum Gasteiger partial charge on any atom is -0.748 e. The minimum absolute atomic E-state index is 0.141. The second-order valence-electron chi connectivity index (χ2n) is 10.1. The minimum atomic E-state index is -4.36. The summed E-state index contributed by atoms with van der Waals surface area (Å²) in [5.74, 6) is -0.318. The van der Waals surface area contributed by atoms with Gasteiger partial charge < -0.3 is 28.1 Å². The third kappa shape index (κ3) is 8.74. The molecule has 15 heteroatoms. The van der Waals surface area contributed by atoms with Crippen LogP contribution in [0, 0.1) is 0 Å². The van der Waals surface area contributed by atoms with E-state index in [-0.39, 0.29) is 12.8 Å². The molecule has 1 aliphatic heterocycles. The Morgan fingerprint density at radius 2 is 1.73 bits per heavy atom. The summed E-state index contributed by atoms with van der Waals surface area (Å²) in [6, 6.07) is 11.3. The molecule has 1 aliphatic rings. The van der Waals surface area contributed by atoms with E-state index in [1.807, 2.05) is 51.9 Å². The highest BCUT2D eigenvalue weighted by atomic mass is 32.2. The van der Waals surface area contributed by atoms with Crippen molar-refractivity contribution in [2.75, 3.05) is 50.2 Å². The lowest BCUT2D eigenvalue weighted by Gasteiger charge is -2.21. The van der Waals surface area contributed by atoms with Crippen molar-refractivity contribution in [3.63, 3.8) is 0 Å². The molecule has 0 saturated heterocycles. The number of anilines is 1. The molecule has 0 spiro atoms. The molecule has 4 aromatic rings. The molecule has 240 valence electrons. The van der Waals surface area contributed by atoms with E-state index in [1.165, 1.54) is 23.1 Å². The first kappa shape index (κ1) is 34.2. The van der Waals surface area contributed by atoms with Crippen molar-refractivity contribution in [2.45, 2.75) is 38.1 Å². The summed E-state index contributed by atoms with van der Waals surface area (Å²) in [5.41, 5.74) is 2.41. The van der Waals surface area contributed by atoms with Crippen molar-refractivity contribution in [3.05, 3.63) is 52.7 Å². The number of hydrogen-bond acceptors (Lipinski definition) is 12. The maximum Gasteiger partial charge on any atom is 0.265 e. The molecule has 0 saturated carbocycles. The first-order valence-corrected chi connectivity index (χ1v) is 18.9. The van der Waals surface area contributed by atoms with E-state index >= 15 is 0 Å². The van der Waals surface area contributed by atoms with Crippen LogP contribution in [0.3, 0.4) is 0 Å². The van der Waals surface area contributed by atoms with Crippen LogP contribution in [-0.2, 0) is 26.8 Å². The van der Waals surface area contributed by atoms with Crippen molar-refractivity contribution in [1.29, 1.82) is 0 Å². The number of thioether (sulfide) groups is 1. The van der Waals surface area contributed by atoms with Gasteiger partial charge in [-0.15, -0.1) is 0 Å². The van der Waals surface area contributed by atoms with Crippen LogP contribution in [0.1, 0.15) is 31.7 Å². The standard InChI is InChI=1S/C24H24N2O8S4.C5H13N/c1-33-16-4-6-20-18(14-16)25(9-2-12-37(27,28)29)22(35-20)15-23-26(10-3-13-38(30,31)32)24-17-8-11-34-19(17)5-7-21(24)36-23;1-4-6(3)5-2/h4-8,11,14-15H,2-3,9-10,12-13H2,1H3,(H-,27,28,29,30,31,32);4-5H2,1-3H3/p-1. The Hall–Kier alpha value is -2.66. The zero-order valence-electron chi connectivity index (χ0n) is 25.0. The van der Waals surface area contributed by atoms with E-state index in [9.17, 15) is 25.9 Å². The summed E-state index contributed by atoms with van der Waals surface area (Å²) in [6.45, 7) is 7.23. The fourth-order valence-electron chi connectivity index (χ4n) is 4.65. The first-order valence-electron chi connectivity index (χ1n) is 14.1. The molecule has 0 amide bonds. The first-order chi connectivity index (χ1) is 20.8. The van der Waals surface area contributed by atoms with Crippen LogP contribution in [-0.4, -0.2) is 76.1 Å². The van der Waals surface area contributed by atoms with Crippen molar-refractivity contribution in [1.82, 2.24) is 4.90 Å². The number of furan rings is 1. The summed E-state index contributed by atoms with van der Waals surface area (Å²) in [7, 11) is -5.05. The molecule has 5 rings (SSSR count). The maximum absolute atomic E-state index is 11.3. The van der Waals surface area contributed by atoms with Crippen molar-refractivity contribution in [3.8, 4) is 5.75 Å². The number of fused-ring (bicyclic) bond motifs is 4. The average molecular weight is 683 g/mol. The van der Waals surface area contributed by atoms with Crippen LogP contribution >= 0.6 is 23.1 Å². The van der Waals surface area contributed by atoms with Crippen LogP contribution in [0.2, 0.25) is 0 Å². The van der Waals surface area contributed by atoms with Gasteiger partial charge in [0.15, 0.2) is 6.54 Å². The Balaban J connectivity index is 0.000000670. The molecule has 44 heavy (non-hydrogen) atoms. The number of aryl methyl sites for hydroxylation is 1. The van der Waals surface area contributed by atoms with Gasteiger partial charge in [-0.25, -0.2) is 16.8 Å². The number of aromatic nitrogens is 1. The molecular formula is C29H36N3O8S4-. The quantitative estimate of drug-likeness (QED) is 0.152. The zero-order chi connectivity index (χ0) is 32.1. The largest absolute Gasteiger partial charge is 0.748 e. The summed E-state index contributed by atoms with van der Waals surface area (Å²) in [6.07, 6.45) is 3.84. The number of thiazole rings is 1. The Morgan fingerprint density at radius 1 is 1.02 bits per heavy atom. The fourth-order valence-corrected chi connectivity index (χ4v) is 7.94. The van der Waals surface area contributed by atoms with Crippen LogP contribution in [0.15, 0.2) is 57.0 Å². The lowest BCUT2D eigenvalue weighted by molar-refractivity contribution is -0.667. The van der Waals surface area contributed by atoms with Gasteiger partial charge in [-0.1, -0.05) is 36.9 Å². The Kier molecular flexibility index (Phi) is 11.4. The van der Waals surface area contributed by atoms with E-state index < -0.39 is 31.7 Å². The highest BCUT2D eigenvalue weighted by molar-refractivity contribution is 8.04. The molecule has 0 unspecified atom stereocenters. The molecule has 11 nitrogen and oxygen atoms in total. The molecule has 0 atom stereocenters. The van der Waals surface area contributed by atoms with Crippen LogP contribution in [0.25, 0.3) is 27.3 Å². The van der Waals surface area contributed by atoms with Crippen LogP contribution < -0.4 is 14.2 Å². The van der Waals surface area contributed by atoms with Gasteiger partial charge in [0.25, 0.3) is 5.01 Å². The maximum atomic E-state index is 11.3. The molecule has 0 bridgehead atoms. The van der Waals surface area contributed by atoms with Gasteiger partial charge in [0, 0.05) is 35.4 Å². The number of rotatable bonds is 12. The zero-order valence-corrected chi connectivity index (χ0v) is 28.3. The summed E-state index contributed by atoms with van der Waals surface area (Å²) < 4.78 is 81.4. The lowest BCUT2D eigenvalue weighted by atomic mass is 10.2. The molecule has 2 aromatic heterocycles. The number of methoxy groups -OCH3 is 1. The lowest BCUT2D eigenvalue weighted by Crippen LogP contribution is -2.36. The van der Waals surface area contributed by atoms with Gasteiger partial charge in [-0.2, -0.15) is 4.57 Å². The summed E-state index contributed by atoms with van der Waals surface area (Å²) in [5, 5.41) is 2.51. The van der Waals surface area contributed by atoms with E-state index in [0.29, 0.717) is 24.4 Å².